The van der Waals surface area contributed by atoms with E-state index in [9.17, 15) is 0 Å². The van der Waals surface area contributed by atoms with Gasteiger partial charge in [0.1, 0.15) is 0 Å². The highest BCUT2D eigenvalue weighted by atomic mass is 15.5. The molecule has 0 spiro atoms. The molecule has 7 nitrogen and oxygen atoms in total. The van der Waals surface area contributed by atoms with Crippen LogP contribution in [-0.2, 0) is 0 Å². The topological polar surface area (TPSA) is 97.4 Å². The summed E-state index contributed by atoms with van der Waals surface area (Å²) in [5, 5.41) is 7.40. The summed E-state index contributed by atoms with van der Waals surface area (Å²) >= 11 is 0. The number of aromatic nitrogens is 5. The molecule has 0 saturated heterocycles. The number of anilines is 2. The van der Waals surface area contributed by atoms with Gasteiger partial charge in [-0.2, -0.15) is 9.67 Å². The van der Waals surface area contributed by atoms with Crippen LogP contribution in [0.15, 0.2) is 24.3 Å². The Morgan fingerprint density at radius 3 is 2.79 bits per heavy atom. The quantitative estimate of drug-likeness (QED) is 0.661. The standard InChI is InChI=1S/C12H15N7/c1-7(2)14-11-17-10(13)19(18-11)12-15-8-5-3-4-6-9(8)16-12/h3-7H,1-2H3,(H,15,16)(H3,13,14,17,18). The molecule has 4 N–H and O–H groups in total. The zero-order valence-electron chi connectivity index (χ0n) is 10.8. The van der Waals surface area contributed by atoms with E-state index in [0.717, 1.165) is 11.0 Å². The SMILES string of the molecule is CC(C)Nc1nc(N)n(-c2nc3ccccc3[nH]2)n1. The molecule has 0 aliphatic heterocycles. The Morgan fingerprint density at radius 2 is 2.05 bits per heavy atom. The fourth-order valence-electron chi connectivity index (χ4n) is 1.84. The number of nitrogens with two attached hydrogens (primary N) is 1. The molecule has 98 valence electrons. The Balaban J connectivity index is 2.03. The van der Waals surface area contributed by atoms with Gasteiger partial charge in [-0.05, 0) is 26.0 Å². The van der Waals surface area contributed by atoms with Crippen LogP contribution in [0.5, 0.6) is 0 Å². The van der Waals surface area contributed by atoms with E-state index < -0.39 is 0 Å². The zero-order valence-corrected chi connectivity index (χ0v) is 10.8. The maximum absolute atomic E-state index is 5.86. The van der Waals surface area contributed by atoms with E-state index in [1.54, 1.807) is 0 Å². The fraction of sp³-hybridized carbons (Fsp3) is 0.250. The normalized spacial score (nSPS) is 11.3. The van der Waals surface area contributed by atoms with Gasteiger partial charge in [0.25, 0.3) is 0 Å². The Morgan fingerprint density at radius 1 is 1.26 bits per heavy atom. The van der Waals surface area contributed by atoms with Gasteiger partial charge in [-0.15, -0.1) is 5.10 Å². The summed E-state index contributed by atoms with van der Waals surface area (Å²) in [6.07, 6.45) is 0. The molecule has 0 radical (unpaired) electrons. The number of H-pyrrole nitrogens is 1. The number of rotatable bonds is 3. The molecule has 0 bridgehead atoms. The molecule has 0 aliphatic carbocycles. The predicted molar refractivity (Wildman–Crippen MR) is 74.2 cm³/mol. The molecule has 0 aliphatic rings. The molecule has 0 amide bonds. The van der Waals surface area contributed by atoms with Crippen LogP contribution in [0.4, 0.5) is 11.9 Å². The summed E-state index contributed by atoms with van der Waals surface area (Å²) in [7, 11) is 0. The van der Waals surface area contributed by atoms with E-state index in [1.807, 2.05) is 38.1 Å². The molecule has 0 atom stereocenters. The summed E-state index contributed by atoms with van der Waals surface area (Å²) in [6, 6.07) is 8.00. The van der Waals surface area contributed by atoms with Gasteiger partial charge in [0.15, 0.2) is 0 Å². The highest BCUT2D eigenvalue weighted by Crippen LogP contribution is 2.16. The monoisotopic (exact) mass is 257 g/mol. The molecule has 7 heteroatoms. The van der Waals surface area contributed by atoms with Gasteiger partial charge in [0.05, 0.1) is 11.0 Å². The third kappa shape index (κ3) is 2.10. The molecule has 19 heavy (non-hydrogen) atoms. The van der Waals surface area contributed by atoms with Crippen LogP contribution in [0.2, 0.25) is 0 Å². The van der Waals surface area contributed by atoms with Crippen LogP contribution < -0.4 is 11.1 Å². The molecule has 3 rings (SSSR count). The number of imidazole rings is 1. The maximum atomic E-state index is 5.86. The van der Waals surface area contributed by atoms with Crippen molar-refractivity contribution in [1.29, 1.82) is 0 Å². The maximum Gasteiger partial charge on any atom is 0.244 e. The second-order valence-corrected chi connectivity index (χ2v) is 4.58. The van der Waals surface area contributed by atoms with Crippen molar-refractivity contribution in [2.24, 2.45) is 0 Å². The van der Waals surface area contributed by atoms with E-state index in [0.29, 0.717) is 17.8 Å². The number of aromatic amines is 1. The summed E-state index contributed by atoms with van der Waals surface area (Å²) < 4.78 is 1.49. The predicted octanol–water partition coefficient (Wildman–Crippen LogP) is 1.55. The lowest BCUT2D eigenvalue weighted by Gasteiger charge is -2.02. The number of hydrogen-bond acceptors (Lipinski definition) is 5. The molecule has 0 saturated carbocycles. The zero-order chi connectivity index (χ0) is 13.4. The number of para-hydroxylation sites is 2. The first-order valence-corrected chi connectivity index (χ1v) is 6.07. The number of nitrogen functional groups attached to an aromatic ring is 1. The Hall–Kier alpha value is -2.57. The average Bonchev–Trinajstić information content (AvgIpc) is 2.91. The number of nitrogens with zero attached hydrogens (tertiary/aromatic N) is 4. The number of benzene rings is 1. The molecule has 2 aromatic heterocycles. The van der Waals surface area contributed by atoms with Gasteiger partial charge in [-0.25, -0.2) is 4.98 Å². The van der Waals surface area contributed by atoms with Crippen LogP contribution in [0, 0.1) is 0 Å². The second-order valence-electron chi connectivity index (χ2n) is 4.58. The average molecular weight is 257 g/mol. The van der Waals surface area contributed by atoms with E-state index in [4.69, 9.17) is 5.73 Å². The molecule has 2 heterocycles. The number of fused-ring (bicyclic) bond motifs is 1. The second kappa shape index (κ2) is 4.27. The molecular weight excluding hydrogens is 242 g/mol. The fourth-order valence-corrected chi connectivity index (χ4v) is 1.84. The molecule has 0 fully saturated rings. The minimum Gasteiger partial charge on any atom is -0.368 e. The van der Waals surface area contributed by atoms with E-state index in [-0.39, 0.29) is 6.04 Å². The number of nitrogens with one attached hydrogen (secondary N) is 2. The van der Waals surface area contributed by atoms with Gasteiger partial charge < -0.3 is 16.0 Å². The van der Waals surface area contributed by atoms with Crippen LogP contribution in [0.3, 0.4) is 0 Å². The first kappa shape index (κ1) is 11.5. The third-order valence-corrected chi connectivity index (χ3v) is 2.63. The minimum absolute atomic E-state index is 0.242. The van der Waals surface area contributed by atoms with Gasteiger partial charge in [0, 0.05) is 6.04 Å². The summed E-state index contributed by atoms with van der Waals surface area (Å²) in [4.78, 5) is 11.8. The lowest BCUT2D eigenvalue weighted by atomic mass is 10.3. The van der Waals surface area contributed by atoms with Crippen LogP contribution in [0.25, 0.3) is 17.0 Å². The molecule has 0 unspecified atom stereocenters. The summed E-state index contributed by atoms with van der Waals surface area (Å²) in [5.74, 6) is 1.35. The smallest absolute Gasteiger partial charge is 0.244 e. The van der Waals surface area contributed by atoms with Crippen molar-refractivity contribution in [3.8, 4) is 5.95 Å². The Bertz CT molecular complexity index is 677. The van der Waals surface area contributed by atoms with Gasteiger partial charge in [-0.3, -0.25) is 0 Å². The van der Waals surface area contributed by atoms with Crippen molar-refractivity contribution in [3.05, 3.63) is 24.3 Å². The molecular formula is C12H15N7. The highest BCUT2D eigenvalue weighted by molar-refractivity contribution is 5.76. The number of hydrogen-bond donors (Lipinski definition) is 3. The molecule has 3 aromatic rings. The van der Waals surface area contributed by atoms with Crippen molar-refractivity contribution in [2.45, 2.75) is 19.9 Å². The van der Waals surface area contributed by atoms with E-state index in [2.05, 4.69) is 25.4 Å². The lowest BCUT2D eigenvalue weighted by Crippen LogP contribution is -2.11. The van der Waals surface area contributed by atoms with Crippen molar-refractivity contribution < 1.29 is 0 Å². The van der Waals surface area contributed by atoms with Gasteiger partial charge in [-0.1, -0.05) is 12.1 Å². The molecule has 1 aromatic carbocycles. The summed E-state index contributed by atoms with van der Waals surface area (Å²) in [5.41, 5.74) is 7.66. The van der Waals surface area contributed by atoms with Crippen molar-refractivity contribution in [1.82, 2.24) is 24.7 Å². The van der Waals surface area contributed by atoms with Crippen molar-refractivity contribution in [3.63, 3.8) is 0 Å². The van der Waals surface area contributed by atoms with E-state index >= 15 is 0 Å². The first-order valence-electron chi connectivity index (χ1n) is 6.07. The first-order chi connectivity index (χ1) is 9.13. The Labute approximate surface area is 109 Å². The Kier molecular flexibility index (Phi) is 2.59. The van der Waals surface area contributed by atoms with Crippen molar-refractivity contribution >= 4 is 22.9 Å². The van der Waals surface area contributed by atoms with Crippen LogP contribution in [-0.4, -0.2) is 30.8 Å². The van der Waals surface area contributed by atoms with Gasteiger partial charge >= 0.3 is 0 Å². The lowest BCUT2D eigenvalue weighted by molar-refractivity contribution is 0.821. The largest absolute Gasteiger partial charge is 0.368 e. The van der Waals surface area contributed by atoms with Gasteiger partial charge in [0.2, 0.25) is 17.8 Å². The van der Waals surface area contributed by atoms with E-state index in [1.165, 1.54) is 4.68 Å². The van der Waals surface area contributed by atoms with Crippen LogP contribution in [0.1, 0.15) is 13.8 Å². The minimum atomic E-state index is 0.242. The van der Waals surface area contributed by atoms with Crippen molar-refractivity contribution in [2.75, 3.05) is 11.1 Å². The summed E-state index contributed by atoms with van der Waals surface area (Å²) in [6.45, 7) is 4.02. The van der Waals surface area contributed by atoms with Crippen LogP contribution >= 0.6 is 0 Å². The third-order valence-electron chi connectivity index (χ3n) is 2.63. The highest BCUT2D eigenvalue weighted by Gasteiger charge is 2.12.